The Hall–Kier alpha value is -0.220. The van der Waals surface area contributed by atoms with E-state index >= 15 is 0 Å². The molecule has 2 unspecified atom stereocenters. The summed E-state index contributed by atoms with van der Waals surface area (Å²) >= 11 is 2.04. The molecule has 2 N–H and O–H groups in total. The normalized spacial score (nSPS) is 25.4. The Morgan fingerprint density at radius 1 is 1.44 bits per heavy atom. The number of hydrogen-bond acceptors (Lipinski definition) is 3. The molecule has 0 aliphatic carbocycles. The molecule has 4 heteroatoms. The van der Waals surface area contributed by atoms with Crippen LogP contribution in [0.15, 0.2) is 0 Å². The van der Waals surface area contributed by atoms with E-state index in [-0.39, 0.29) is 5.91 Å². The lowest BCUT2D eigenvalue weighted by molar-refractivity contribution is -0.121. The fourth-order valence-electron chi connectivity index (χ4n) is 1.92. The van der Waals surface area contributed by atoms with Gasteiger partial charge in [0.05, 0.1) is 0 Å². The molecule has 1 amide bonds. The van der Waals surface area contributed by atoms with Crippen LogP contribution in [0.4, 0.5) is 0 Å². The van der Waals surface area contributed by atoms with Gasteiger partial charge in [0.1, 0.15) is 0 Å². The first-order valence-electron chi connectivity index (χ1n) is 6.35. The van der Waals surface area contributed by atoms with Crippen LogP contribution in [0.1, 0.15) is 39.5 Å². The first kappa shape index (κ1) is 13.8. The van der Waals surface area contributed by atoms with Gasteiger partial charge < -0.3 is 10.6 Å². The maximum Gasteiger partial charge on any atom is 0.221 e. The second-order valence-electron chi connectivity index (χ2n) is 4.38. The topological polar surface area (TPSA) is 41.1 Å². The first-order valence-corrected chi connectivity index (χ1v) is 7.40. The summed E-state index contributed by atoms with van der Waals surface area (Å²) in [6, 6.07) is 0.595. The van der Waals surface area contributed by atoms with Crippen LogP contribution in [0.25, 0.3) is 0 Å². The molecule has 1 aliphatic heterocycles. The smallest absolute Gasteiger partial charge is 0.221 e. The zero-order valence-electron chi connectivity index (χ0n) is 10.4. The quantitative estimate of drug-likeness (QED) is 0.748. The average Bonchev–Trinajstić information content (AvgIpc) is 2.29. The Morgan fingerprint density at radius 2 is 2.25 bits per heavy atom. The highest BCUT2D eigenvalue weighted by atomic mass is 32.2. The fourth-order valence-corrected chi connectivity index (χ4v) is 3.08. The van der Waals surface area contributed by atoms with Crippen molar-refractivity contribution in [3.63, 3.8) is 0 Å². The van der Waals surface area contributed by atoms with Crippen LogP contribution in [0, 0.1) is 0 Å². The van der Waals surface area contributed by atoms with Crippen molar-refractivity contribution in [3.8, 4) is 0 Å². The van der Waals surface area contributed by atoms with Crippen molar-refractivity contribution in [1.82, 2.24) is 10.6 Å². The standard InChI is InChI=1S/C12H24N2OS/c1-3-7-14-12(15)6-8-13-11-5-4-9-16-10(11)2/h10-11,13H,3-9H2,1-2H3,(H,14,15). The number of hydrogen-bond donors (Lipinski definition) is 2. The van der Waals surface area contributed by atoms with Gasteiger partial charge in [-0.15, -0.1) is 0 Å². The van der Waals surface area contributed by atoms with Crippen molar-refractivity contribution in [2.45, 2.75) is 50.8 Å². The van der Waals surface area contributed by atoms with E-state index in [0.717, 1.165) is 19.5 Å². The third-order valence-electron chi connectivity index (χ3n) is 2.94. The molecule has 16 heavy (non-hydrogen) atoms. The third-order valence-corrected chi connectivity index (χ3v) is 4.32. The molecule has 1 aliphatic rings. The Balaban J connectivity index is 2.07. The molecule has 0 spiro atoms. The summed E-state index contributed by atoms with van der Waals surface area (Å²) in [5.74, 6) is 1.46. The molecule has 0 aromatic heterocycles. The van der Waals surface area contributed by atoms with Crippen LogP contribution in [-0.2, 0) is 4.79 Å². The molecule has 1 rings (SSSR count). The van der Waals surface area contributed by atoms with Gasteiger partial charge in [0, 0.05) is 30.8 Å². The van der Waals surface area contributed by atoms with Crippen LogP contribution >= 0.6 is 11.8 Å². The Bertz CT molecular complexity index is 211. The van der Waals surface area contributed by atoms with Crippen LogP contribution in [0.2, 0.25) is 0 Å². The zero-order valence-corrected chi connectivity index (χ0v) is 11.2. The van der Waals surface area contributed by atoms with Gasteiger partial charge in [0.2, 0.25) is 5.91 Å². The summed E-state index contributed by atoms with van der Waals surface area (Å²) < 4.78 is 0. The zero-order chi connectivity index (χ0) is 11.8. The van der Waals surface area contributed by atoms with Gasteiger partial charge in [0.25, 0.3) is 0 Å². The molecule has 94 valence electrons. The molecule has 0 aromatic carbocycles. The van der Waals surface area contributed by atoms with E-state index in [1.54, 1.807) is 0 Å². The first-order chi connectivity index (χ1) is 7.74. The lowest BCUT2D eigenvalue weighted by atomic mass is 10.1. The highest BCUT2D eigenvalue weighted by Gasteiger charge is 2.20. The molecule has 3 nitrogen and oxygen atoms in total. The van der Waals surface area contributed by atoms with Crippen molar-refractivity contribution < 1.29 is 4.79 Å². The second-order valence-corrected chi connectivity index (χ2v) is 5.86. The highest BCUT2D eigenvalue weighted by molar-refractivity contribution is 7.99. The summed E-state index contributed by atoms with van der Waals surface area (Å²) in [6.07, 6.45) is 4.17. The van der Waals surface area contributed by atoms with E-state index in [2.05, 4.69) is 24.5 Å². The van der Waals surface area contributed by atoms with Gasteiger partial charge >= 0.3 is 0 Å². The van der Waals surface area contributed by atoms with Gasteiger partial charge in [-0.3, -0.25) is 4.79 Å². The van der Waals surface area contributed by atoms with Gasteiger partial charge in [0.15, 0.2) is 0 Å². The van der Waals surface area contributed by atoms with Gasteiger partial charge in [-0.05, 0) is 25.0 Å². The lowest BCUT2D eigenvalue weighted by Crippen LogP contribution is -2.41. The number of carbonyl (C=O) groups is 1. The Labute approximate surface area is 103 Å². The molecule has 1 saturated heterocycles. The van der Waals surface area contributed by atoms with Gasteiger partial charge in [-0.25, -0.2) is 0 Å². The summed E-state index contributed by atoms with van der Waals surface area (Å²) in [5.41, 5.74) is 0. The van der Waals surface area contributed by atoms with Gasteiger partial charge in [-0.2, -0.15) is 11.8 Å². The lowest BCUT2D eigenvalue weighted by Gasteiger charge is -2.29. The SMILES string of the molecule is CCCNC(=O)CCNC1CCCSC1C. The summed E-state index contributed by atoms with van der Waals surface area (Å²) in [4.78, 5) is 11.4. The van der Waals surface area contributed by atoms with Crippen LogP contribution in [0.3, 0.4) is 0 Å². The predicted octanol–water partition coefficient (Wildman–Crippen LogP) is 1.78. The minimum atomic E-state index is 0.172. The maximum absolute atomic E-state index is 11.4. The minimum absolute atomic E-state index is 0.172. The number of nitrogens with one attached hydrogen (secondary N) is 2. The maximum atomic E-state index is 11.4. The largest absolute Gasteiger partial charge is 0.356 e. The molecule has 1 fully saturated rings. The number of rotatable bonds is 6. The van der Waals surface area contributed by atoms with E-state index in [1.807, 2.05) is 11.8 Å². The molecule has 0 radical (unpaired) electrons. The van der Waals surface area contributed by atoms with E-state index in [1.165, 1.54) is 18.6 Å². The fraction of sp³-hybridized carbons (Fsp3) is 0.917. The van der Waals surface area contributed by atoms with E-state index in [9.17, 15) is 4.79 Å². The van der Waals surface area contributed by atoms with Gasteiger partial charge in [-0.1, -0.05) is 13.8 Å². The van der Waals surface area contributed by atoms with Crippen molar-refractivity contribution in [2.24, 2.45) is 0 Å². The highest BCUT2D eigenvalue weighted by Crippen LogP contribution is 2.24. The van der Waals surface area contributed by atoms with Crippen molar-refractivity contribution in [3.05, 3.63) is 0 Å². The van der Waals surface area contributed by atoms with E-state index in [4.69, 9.17) is 0 Å². The summed E-state index contributed by atoms with van der Waals surface area (Å²) in [5, 5.41) is 7.08. The summed E-state index contributed by atoms with van der Waals surface area (Å²) in [6.45, 7) is 5.96. The number of amides is 1. The molecule has 0 aromatic rings. The monoisotopic (exact) mass is 244 g/mol. The number of thioether (sulfide) groups is 1. The second kappa shape index (κ2) is 7.96. The summed E-state index contributed by atoms with van der Waals surface area (Å²) in [7, 11) is 0. The molecule has 0 bridgehead atoms. The number of carbonyl (C=O) groups excluding carboxylic acids is 1. The van der Waals surface area contributed by atoms with E-state index in [0.29, 0.717) is 17.7 Å². The molecule has 0 saturated carbocycles. The van der Waals surface area contributed by atoms with Crippen molar-refractivity contribution in [2.75, 3.05) is 18.8 Å². The van der Waals surface area contributed by atoms with E-state index < -0.39 is 0 Å². The van der Waals surface area contributed by atoms with Crippen molar-refractivity contribution in [1.29, 1.82) is 0 Å². The minimum Gasteiger partial charge on any atom is -0.356 e. The third kappa shape index (κ3) is 5.21. The van der Waals surface area contributed by atoms with Crippen LogP contribution in [-0.4, -0.2) is 36.0 Å². The Morgan fingerprint density at radius 3 is 2.94 bits per heavy atom. The van der Waals surface area contributed by atoms with Crippen molar-refractivity contribution >= 4 is 17.7 Å². The molecule has 1 heterocycles. The van der Waals surface area contributed by atoms with Crippen LogP contribution in [0.5, 0.6) is 0 Å². The molecule has 2 atom stereocenters. The predicted molar refractivity (Wildman–Crippen MR) is 70.9 cm³/mol. The van der Waals surface area contributed by atoms with Crippen LogP contribution < -0.4 is 10.6 Å². The molecular formula is C12H24N2OS. The molecular weight excluding hydrogens is 220 g/mol. The Kier molecular flexibility index (Phi) is 6.88. The average molecular weight is 244 g/mol.